The summed E-state index contributed by atoms with van der Waals surface area (Å²) >= 11 is 0. The van der Waals surface area contributed by atoms with E-state index in [9.17, 15) is 0 Å². The van der Waals surface area contributed by atoms with E-state index in [1.165, 1.54) is 19.5 Å². The van der Waals surface area contributed by atoms with Crippen LogP contribution >= 0.6 is 0 Å². The summed E-state index contributed by atoms with van der Waals surface area (Å²) in [6.45, 7) is 9.26. The number of hydrogen-bond donors (Lipinski definition) is 1. The summed E-state index contributed by atoms with van der Waals surface area (Å²) in [5, 5.41) is 3.44. The zero-order chi connectivity index (χ0) is 9.14. The summed E-state index contributed by atoms with van der Waals surface area (Å²) in [4.78, 5) is 2.52. The summed E-state index contributed by atoms with van der Waals surface area (Å²) in [7, 11) is 2.25. The second-order valence-electron chi connectivity index (χ2n) is 4.13. The number of hydrogen-bond acceptors (Lipinski definition) is 2. The number of nitrogens with one attached hydrogen (secondary N) is 1. The normalized spacial score (nSPS) is 32.8. The summed E-state index contributed by atoms with van der Waals surface area (Å²) in [6, 6.07) is 1.47. The van der Waals surface area contributed by atoms with Gasteiger partial charge in [0.25, 0.3) is 0 Å². The molecule has 0 amide bonds. The number of nitrogens with zero attached hydrogens (tertiary/aromatic N) is 1. The van der Waals surface area contributed by atoms with E-state index in [1.807, 2.05) is 0 Å². The van der Waals surface area contributed by atoms with E-state index >= 15 is 0 Å². The molecule has 12 heavy (non-hydrogen) atoms. The molecule has 0 spiro atoms. The highest BCUT2D eigenvalue weighted by Crippen LogP contribution is 2.16. The molecule has 0 aliphatic carbocycles. The second-order valence-corrected chi connectivity index (χ2v) is 4.13. The highest BCUT2D eigenvalue weighted by molar-refractivity contribution is 4.86. The number of rotatable bonds is 3. The summed E-state index contributed by atoms with van der Waals surface area (Å²) in [5.74, 6) is 0.809. The highest BCUT2D eigenvalue weighted by atomic mass is 15.2. The van der Waals surface area contributed by atoms with Gasteiger partial charge in [-0.05, 0) is 32.9 Å². The first-order valence-corrected chi connectivity index (χ1v) is 5.09. The van der Waals surface area contributed by atoms with Crippen LogP contribution < -0.4 is 5.32 Å². The third kappa shape index (κ3) is 1.99. The molecule has 1 fully saturated rings. The van der Waals surface area contributed by atoms with Gasteiger partial charge in [-0.3, -0.25) is 4.90 Å². The fourth-order valence-electron chi connectivity index (χ4n) is 1.96. The molecule has 72 valence electrons. The Balaban J connectivity index is 2.45. The van der Waals surface area contributed by atoms with Crippen molar-refractivity contribution in [3.05, 3.63) is 0 Å². The average molecular weight is 170 g/mol. The van der Waals surface area contributed by atoms with Crippen molar-refractivity contribution >= 4 is 0 Å². The molecular weight excluding hydrogens is 148 g/mol. The van der Waals surface area contributed by atoms with Crippen molar-refractivity contribution in [2.75, 3.05) is 20.1 Å². The summed E-state index contributed by atoms with van der Waals surface area (Å²) in [6.07, 6.45) is 1.25. The van der Waals surface area contributed by atoms with Crippen molar-refractivity contribution in [3.8, 4) is 0 Å². The molecule has 0 aromatic heterocycles. The molecule has 1 aliphatic rings. The average Bonchev–Trinajstić information content (AvgIpc) is 2.48. The van der Waals surface area contributed by atoms with Gasteiger partial charge in [-0.2, -0.15) is 0 Å². The van der Waals surface area contributed by atoms with Gasteiger partial charge in [0, 0.05) is 18.6 Å². The van der Waals surface area contributed by atoms with Crippen molar-refractivity contribution in [2.24, 2.45) is 5.92 Å². The molecule has 0 aromatic rings. The molecule has 1 rings (SSSR count). The zero-order valence-corrected chi connectivity index (χ0v) is 8.80. The third-order valence-corrected chi connectivity index (χ3v) is 3.29. The van der Waals surface area contributed by atoms with Gasteiger partial charge in [-0.25, -0.2) is 0 Å². The molecule has 2 heteroatoms. The fraction of sp³-hybridized carbons (Fsp3) is 1.00. The van der Waals surface area contributed by atoms with Crippen molar-refractivity contribution in [1.82, 2.24) is 10.2 Å². The maximum Gasteiger partial charge on any atom is 0.0258 e. The standard InChI is InChI=1S/C10H22N2/c1-5-9(3)12(4)10-7-11-6-8(10)2/h8-11H,5-7H2,1-4H3. The van der Waals surface area contributed by atoms with E-state index in [1.54, 1.807) is 0 Å². The Kier molecular flexibility index (Phi) is 3.53. The molecule has 3 atom stereocenters. The van der Waals surface area contributed by atoms with E-state index in [0.717, 1.165) is 18.0 Å². The van der Waals surface area contributed by atoms with Gasteiger partial charge >= 0.3 is 0 Å². The van der Waals surface area contributed by atoms with Crippen LogP contribution in [0.1, 0.15) is 27.2 Å². The highest BCUT2D eigenvalue weighted by Gasteiger charge is 2.28. The monoisotopic (exact) mass is 170 g/mol. The van der Waals surface area contributed by atoms with Gasteiger partial charge in [-0.1, -0.05) is 13.8 Å². The molecule has 0 saturated carbocycles. The van der Waals surface area contributed by atoms with Crippen LogP contribution in [-0.2, 0) is 0 Å². The Bertz CT molecular complexity index is 136. The lowest BCUT2D eigenvalue weighted by Gasteiger charge is -2.32. The SMILES string of the molecule is CCC(C)N(C)C1CNCC1C. The quantitative estimate of drug-likeness (QED) is 0.687. The predicted octanol–water partition coefficient (Wildman–Crippen LogP) is 1.32. The van der Waals surface area contributed by atoms with E-state index in [4.69, 9.17) is 0 Å². The van der Waals surface area contributed by atoms with E-state index in [0.29, 0.717) is 0 Å². The van der Waals surface area contributed by atoms with E-state index < -0.39 is 0 Å². The molecule has 1 heterocycles. The molecule has 2 nitrogen and oxygen atoms in total. The topological polar surface area (TPSA) is 15.3 Å². The Labute approximate surface area is 76.3 Å². The van der Waals surface area contributed by atoms with Crippen LogP contribution in [0.25, 0.3) is 0 Å². The van der Waals surface area contributed by atoms with Crippen LogP contribution in [0.3, 0.4) is 0 Å². The Morgan fingerprint density at radius 2 is 2.17 bits per heavy atom. The fourth-order valence-corrected chi connectivity index (χ4v) is 1.96. The van der Waals surface area contributed by atoms with Gasteiger partial charge in [0.1, 0.15) is 0 Å². The van der Waals surface area contributed by atoms with Gasteiger partial charge in [0.15, 0.2) is 0 Å². The first kappa shape index (κ1) is 10.0. The maximum absolute atomic E-state index is 3.44. The molecule has 0 bridgehead atoms. The molecule has 0 radical (unpaired) electrons. The molecular formula is C10H22N2. The zero-order valence-electron chi connectivity index (χ0n) is 8.80. The smallest absolute Gasteiger partial charge is 0.0258 e. The van der Waals surface area contributed by atoms with Crippen molar-refractivity contribution in [3.63, 3.8) is 0 Å². The van der Waals surface area contributed by atoms with Gasteiger partial charge in [-0.15, -0.1) is 0 Å². The number of likely N-dealkylation sites (N-methyl/N-ethyl adjacent to an activating group) is 1. The van der Waals surface area contributed by atoms with Gasteiger partial charge in [0.05, 0.1) is 0 Å². The van der Waals surface area contributed by atoms with Crippen LogP contribution in [-0.4, -0.2) is 37.1 Å². The third-order valence-electron chi connectivity index (χ3n) is 3.29. The van der Waals surface area contributed by atoms with Crippen LogP contribution in [0, 0.1) is 5.92 Å². The van der Waals surface area contributed by atoms with Crippen LogP contribution in [0.5, 0.6) is 0 Å². The van der Waals surface area contributed by atoms with Crippen LogP contribution in [0.2, 0.25) is 0 Å². The molecule has 3 unspecified atom stereocenters. The van der Waals surface area contributed by atoms with E-state index in [2.05, 4.69) is 38.0 Å². The Morgan fingerprint density at radius 1 is 1.50 bits per heavy atom. The Hall–Kier alpha value is -0.0800. The van der Waals surface area contributed by atoms with Crippen LogP contribution in [0.15, 0.2) is 0 Å². The molecule has 0 aromatic carbocycles. The van der Waals surface area contributed by atoms with Crippen molar-refractivity contribution in [1.29, 1.82) is 0 Å². The van der Waals surface area contributed by atoms with Gasteiger partial charge < -0.3 is 5.32 Å². The first-order chi connectivity index (χ1) is 5.66. The van der Waals surface area contributed by atoms with Gasteiger partial charge in [0.2, 0.25) is 0 Å². The minimum Gasteiger partial charge on any atom is -0.315 e. The van der Waals surface area contributed by atoms with E-state index in [-0.39, 0.29) is 0 Å². The second kappa shape index (κ2) is 4.24. The van der Waals surface area contributed by atoms with Crippen molar-refractivity contribution in [2.45, 2.75) is 39.3 Å². The summed E-state index contributed by atoms with van der Waals surface area (Å²) < 4.78 is 0. The minimum atomic E-state index is 0.720. The lowest BCUT2D eigenvalue weighted by Crippen LogP contribution is -2.42. The van der Waals surface area contributed by atoms with Crippen molar-refractivity contribution < 1.29 is 0 Å². The van der Waals surface area contributed by atoms with Crippen LogP contribution in [0.4, 0.5) is 0 Å². The summed E-state index contributed by atoms with van der Waals surface area (Å²) in [5.41, 5.74) is 0. The lowest BCUT2D eigenvalue weighted by atomic mass is 10.0. The predicted molar refractivity (Wildman–Crippen MR) is 53.3 cm³/mol. The first-order valence-electron chi connectivity index (χ1n) is 5.09. The Morgan fingerprint density at radius 3 is 2.58 bits per heavy atom. The maximum atomic E-state index is 3.44. The lowest BCUT2D eigenvalue weighted by molar-refractivity contribution is 0.163. The molecule has 1 aliphatic heterocycles. The minimum absolute atomic E-state index is 0.720. The largest absolute Gasteiger partial charge is 0.315 e. The molecule has 1 saturated heterocycles. The molecule has 1 N–H and O–H groups in total.